The number of ether oxygens (including phenoxy) is 2. The Morgan fingerprint density at radius 1 is 1.33 bits per heavy atom. The van der Waals surface area contributed by atoms with E-state index in [9.17, 15) is 18.4 Å². The van der Waals surface area contributed by atoms with Crippen LogP contribution in [-0.2, 0) is 4.79 Å². The maximum Gasteiger partial charge on any atom is 0.414 e. The molecule has 11 heteroatoms. The summed E-state index contributed by atoms with van der Waals surface area (Å²) in [4.78, 5) is 34.0. The number of nitrogens with one attached hydrogen (secondary N) is 2. The minimum Gasteiger partial charge on any atom is -0.475 e. The molecule has 0 unspecified atom stereocenters. The molecule has 1 aromatic heterocycles. The lowest BCUT2D eigenvalue weighted by Crippen LogP contribution is -2.56. The number of hydrogen-bond donors (Lipinski definition) is 2. The summed E-state index contributed by atoms with van der Waals surface area (Å²) in [5.41, 5.74) is -0.560. The molecule has 2 fully saturated rings. The second-order valence-electron chi connectivity index (χ2n) is 8.75. The molecular weight excluding hydrogens is 400 g/mol. The summed E-state index contributed by atoms with van der Waals surface area (Å²) in [6, 6.07) is -0.837. The van der Waals surface area contributed by atoms with Gasteiger partial charge in [-0.1, -0.05) is 20.8 Å². The number of carbonyl (C=O) groups is 2. The Morgan fingerprint density at radius 3 is 2.53 bits per heavy atom. The maximum absolute atomic E-state index is 13.3. The molecule has 0 aromatic carbocycles. The first-order chi connectivity index (χ1) is 14.0. The number of aromatic nitrogens is 2. The van der Waals surface area contributed by atoms with E-state index in [0.29, 0.717) is 12.5 Å². The first-order valence-corrected chi connectivity index (χ1v) is 9.81. The molecule has 1 aliphatic carbocycles. The van der Waals surface area contributed by atoms with Gasteiger partial charge in [0.1, 0.15) is 6.04 Å². The van der Waals surface area contributed by atoms with Crippen molar-refractivity contribution >= 4 is 17.8 Å². The van der Waals surface area contributed by atoms with Crippen LogP contribution in [0.15, 0.2) is 6.20 Å². The van der Waals surface area contributed by atoms with Gasteiger partial charge in [0.25, 0.3) is 11.8 Å². The SMILES string of the molecule is CNC(=O)[C@@H](NC(=O)Oc1cnc(N2CC(F)(F)C2)c(OCC2CC2)n1)C(C)(C)C. The Labute approximate surface area is 173 Å². The molecule has 1 saturated heterocycles. The molecule has 1 aromatic rings. The summed E-state index contributed by atoms with van der Waals surface area (Å²) in [5.74, 6) is -2.65. The third-order valence-corrected chi connectivity index (χ3v) is 4.83. The van der Waals surface area contributed by atoms with Gasteiger partial charge < -0.3 is 25.0 Å². The highest BCUT2D eigenvalue weighted by Crippen LogP contribution is 2.37. The average Bonchev–Trinajstić information content (AvgIpc) is 3.45. The van der Waals surface area contributed by atoms with Crippen molar-refractivity contribution in [3.63, 3.8) is 0 Å². The van der Waals surface area contributed by atoms with Gasteiger partial charge in [-0.3, -0.25) is 4.79 Å². The van der Waals surface area contributed by atoms with Crippen molar-refractivity contribution in [2.24, 2.45) is 11.3 Å². The van der Waals surface area contributed by atoms with Crippen molar-refractivity contribution in [1.82, 2.24) is 20.6 Å². The smallest absolute Gasteiger partial charge is 0.414 e. The Morgan fingerprint density at radius 2 is 2.00 bits per heavy atom. The number of halogens is 2. The summed E-state index contributed by atoms with van der Waals surface area (Å²) in [7, 11) is 1.47. The quantitative estimate of drug-likeness (QED) is 0.685. The Balaban J connectivity index is 1.71. The van der Waals surface area contributed by atoms with Crippen LogP contribution in [0, 0.1) is 11.3 Å². The zero-order valence-corrected chi connectivity index (χ0v) is 17.5. The highest BCUT2D eigenvalue weighted by molar-refractivity contribution is 5.86. The van der Waals surface area contributed by atoms with Crippen LogP contribution in [0.2, 0.25) is 0 Å². The number of amides is 2. The maximum atomic E-state index is 13.3. The molecule has 2 amide bonds. The Kier molecular flexibility index (Phi) is 6.00. The molecule has 1 aliphatic heterocycles. The number of rotatable bonds is 7. The van der Waals surface area contributed by atoms with Gasteiger partial charge in [-0.15, -0.1) is 0 Å². The number of alkyl halides is 2. The van der Waals surface area contributed by atoms with Gasteiger partial charge in [-0.2, -0.15) is 4.98 Å². The molecule has 2 N–H and O–H groups in total. The second kappa shape index (κ2) is 8.19. The monoisotopic (exact) mass is 427 g/mol. The van der Waals surface area contributed by atoms with Crippen LogP contribution in [0.25, 0.3) is 0 Å². The van der Waals surface area contributed by atoms with Crippen LogP contribution in [0.1, 0.15) is 33.6 Å². The summed E-state index contributed by atoms with van der Waals surface area (Å²) in [6.45, 7) is 4.85. The molecule has 0 bridgehead atoms. The molecule has 1 saturated carbocycles. The van der Waals surface area contributed by atoms with Crippen molar-refractivity contribution in [2.75, 3.05) is 31.6 Å². The molecule has 3 rings (SSSR count). The van der Waals surface area contributed by atoms with Crippen LogP contribution in [0.4, 0.5) is 19.4 Å². The van der Waals surface area contributed by atoms with Crippen LogP contribution < -0.4 is 25.0 Å². The van der Waals surface area contributed by atoms with Crippen molar-refractivity contribution in [3.8, 4) is 11.8 Å². The molecule has 0 spiro atoms. The first kappa shape index (κ1) is 22.0. The number of anilines is 1. The van der Waals surface area contributed by atoms with Crippen molar-refractivity contribution in [2.45, 2.75) is 45.6 Å². The van der Waals surface area contributed by atoms with Crippen LogP contribution in [0.3, 0.4) is 0 Å². The topological polar surface area (TPSA) is 106 Å². The van der Waals surface area contributed by atoms with E-state index in [4.69, 9.17) is 9.47 Å². The van der Waals surface area contributed by atoms with Crippen molar-refractivity contribution in [3.05, 3.63) is 6.20 Å². The number of likely N-dealkylation sites (N-methyl/N-ethyl adjacent to an activating group) is 1. The van der Waals surface area contributed by atoms with Crippen LogP contribution >= 0.6 is 0 Å². The zero-order valence-electron chi connectivity index (χ0n) is 17.5. The van der Waals surface area contributed by atoms with Gasteiger partial charge in [0.2, 0.25) is 11.8 Å². The Hall–Kier alpha value is -2.72. The summed E-state index contributed by atoms with van der Waals surface area (Å²) in [6.07, 6.45) is 2.36. The predicted octanol–water partition coefficient (Wildman–Crippen LogP) is 1.97. The summed E-state index contributed by atoms with van der Waals surface area (Å²) >= 11 is 0. The first-order valence-electron chi connectivity index (χ1n) is 9.81. The van der Waals surface area contributed by atoms with Gasteiger partial charge in [0.15, 0.2) is 5.82 Å². The van der Waals surface area contributed by atoms with E-state index in [1.54, 1.807) is 20.8 Å². The van der Waals surface area contributed by atoms with Gasteiger partial charge >= 0.3 is 6.09 Å². The van der Waals surface area contributed by atoms with Gasteiger partial charge in [-0.25, -0.2) is 18.6 Å². The van der Waals surface area contributed by atoms with E-state index in [0.717, 1.165) is 12.8 Å². The zero-order chi connectivity index (χ0) is 22.1. The molecule has 0 radical (unpaired) electrons. The number of carbonyl (C=O) groups excluding carboxylic acids is 2. The average molecular weight is 427 g/mol. The van der Waals surface area contributed by atoms with E-state index in [1.165, 1.54) is 18.1 Å². The Bertz CT molecular complexity index is 803. The van der Waals surface area contributed by atoms with Gasteiger partial charge in [0, 0.05) is 7.05 Å². The highest BCUT2D eigenvalue weighted by Gasteiger charge is 2.46. The normalized spacial score (nSPS) is 18.8. The molecule has 2 aliphatic rings. The van der Waals surface area contributed by atoms with Crippen LogP contribution in [0.5, 0.6) is 11.8 Å². The number of hydrogen-bond acceptors (Lipinski definition) is 7. The lowest BCUT2D eigenvalue weighted by molar-refractivity contribution is -0.124. The largest absolute Gasteiger partial charge is 0.475 e. The predicted molar refractivity (Wildman–Crippen MR) is 104 cm³/mol. The fourth-order valence-corrected chi connectivity index (χ4v) is 2.92. The van der Waals surface area contributed by atoms with Gasteiger partial charge in [0.05, 0.1) is 25.9 Å². The van der Waals surface area contributed by atoms with E-state index in [-0.39, 0.29) is 23.5 Å². The third-order valence-electron chi connectivity index (χ3n) is 4.83. The lowest BCUT2D eigenvalue weighted by Gasteiger charge is -2.39. The van der Waals surface area contributed by atoms with Crippen molar-refractivity contribution in [1.29, 1.82) is 0 Å². The minimum atomic E-state index is -2.77. The van der Waals surface area contributed by atoms with Crippen LogP contribution in [-0.4, -0.2) is 60.7 Å². The summed E-state index contributed by atoms with van der Waals surface area (Å²) in [5, 5.41) is 5.01. The van der Waals surface area contributed by atoms with E-state index >= 15 is 0 Å². The van der Waals surface area contributed by atoms with Crippen molar-refractivity contribution < 1.29 is 27.8 Å². The third kappa shape index (κ3) is 5.45. The number of nitrogens with zero attached hydrogens (tertiary/aromatic N) is 3. The molecule has 2 heterocycles. The second-order valence-corrected chi connectivity index (χ2v) is 8.75. The van der Waals surface area contributed by atoms with E-state index in [2.05, 4.69) is 20.6 Å². The highest BCUT2D eigenvalue weighted by atomic mass is 19.3. The molecule has 166 valence electrons. The van der Waals surface area contributed by atoms with E-state index in [1.807, 2.05) is 0 Å². The lowest BCUT2D eigenvalue weighted by atomic mass is 9.86. The molecule has 30 heavy (non-hydrogen) atoms. The molecular formula is C19H27F2N5O4. The fourth-order valence-electron chi connectivity index (χ4n) is 2.92. The standard InChI is InChI=1S/C19H27F2N5O4/c1-18(2,3)13(15(27)22-4)25-17(28)30-12-7-23-14(26-9-19(20,21)10-26)16(24-12)29-8-11-5-6-11/h7,11,13H,5-6,8-10H2,1-4H3,(H,22,27)(H,25,28)/t13-/m1/s1. The molecule has 9 nitrogen and oxygen atoms in total. The fraction of sp³-hybridized carbons (Fsp3) is 0.684. The molecule has 1 atom stereocenters. The van der Waals surface area contributed by atoms with E-state index < -0.39 is 36.6 Å². The summed E-state index contributed by atoms with van der Waals surface area (Å²) < 4.78 is 37.3. The van der Waals surface area contributed by atoms with Gasteiger partial charge in [-0.05, 0) is 24.2 Å². The minimum absolute atomic E-state index is 0.0429.